The Morgan fingerprint density at radius 2 is 2.06 bits per heavy atom. The molecule has 2 aromatic rings. The van der Waals surface area contributed by atoms with Gasteiger partial charge in [0.05, 0.1) is 6.20 Å². The summed E-state index contributed by atoms with van der Waals surface area (Å²) in [7, 11) is 1.93. The molecule has 2 rings (SSSR count). The largest absolute Gasteiger partial charge is 0.327 e. The number of hydrogen-bond acceptors (Lipinski definition) is 3. The van der Waals surface area contributed by atoms with Crippen molar-refractivity contribution in [1.82, 2.24) is 9.78 Å². The number of thioether (sulfide) groups is 1. The van der Waals surface area contributed by atoms with Gasteiger partial charge in [0.2, 0.25) is 0 Å². The number of nitrogens with two attached hydrogens (primary N) is 1. The van der Waals surface area contributed by atoms with Crippen LogP contribution >= 0.6 is 11.8 Å². The van der Waals surface area contributed by atoms with Crippen molar-refractivity contribution in [3.05, 3.63) is 53.9 Å². The molecular formula is C14H19N3S. The molecule has 3 nitrogen and oxygen atoms in total. The van der Waals surface area contributed by atoms with Crippen LogP contribution in [-0.4, -0.2) is 15.8 Å². The van der Waals surface area contributed by atoms with E-state index in [4.69, 9.17) is 5.73 Å². The lowest BCUT2D eigenvalue weighted by Crippen LogP contribution is -2.22. The lowest BCUT2D eigenvalue weighted by Gasteiger charge is -2.19. The summed E-state index contributed by atoms with van der Waals surface area (Å²) in [5, 5.41) is 4.51. The molecule has 0 aliphatic carbocycles. The maximum Gasteiger partial charge on any atom is 0.0533 e. The van der Waals surface area contributed by atoms with Crippen molar-refractivity contribution in [3.63, 3.8) is 0 Å². The molecule has 0 saturated heterocycles. The van der Waals surface area contributed by atoms with Crippen LogP contribution in [0.5, 0.6) is 0 Å². The average molecular weight is 261 g/mol. The molecule has 0 radical (unpaired) electrons. The highest BCUT2D eigenvalue weighted by Gasteiger charge is 2.18. The van der Waals surface area contributed by atoms with Crippen LogP contribution in [0.2, 0.25) is 0 Å². The summed E-state index contributed by atoms with van der Waals surface area (Å²) in [4.78, 5) is 0. The summed E-state index contributed by atoms with van der Waals surface area (Å²) in [5.74, 6) is 0.974. The van der Waals surface area contributed by atoms with Crippen LogP contribution in [0, 0.1) is 0 Å². The molecule has 0 saturated carbocycles. The number of benzene rings is 1. The Balaban J connectivity index is 2.04. The van der Waals surface area contributed by atoms with Gasteiger partial charge in [0.15, 0.2) is 0 Å². The first kappa shape index (κ1) is 13.2. The molecule has 0 fully saturated rings. The van der Waals surface area contributed by atoms with E-state index in [9.17, 15) is 0 Å². The molecule has 1 aromatic carbocycles. The predicted octanol–water partition coefficient (Wildman–Crippen LogP) is 2.74. The summed E-state index contributed by atoms with van der Waals surface area (Å²) in [5.41, 5.74) is 8.62. The van der Waals surface area contributed by atoms with Crippen molar-refractivity contribution in [1.29, 1.82) is 0 Å². The van der Waals surface area contributed by atoms with Gasteiger partial charge >= 0.3 is 0 Å². The Labute approximate surface area is 112 Å². The second-order valence-electron chi connectivity index (χ2n) is 4.52. The smallest absolute Gasteiger partial charge is 0.0533 e. The molecule has 2 atom stereocenters. The average Bonchev–Trinajstić information content (AvgIpc) is 2.77. The molecule has 0 aliphatic heterocycles. The third kappa shape index (κ3) is 3.37. The second kappa shape index (κ2) is 6.07. The molecule has 2 N–H and O–H groups in total. The van der Waals surface area contributed by atoms with E-state index in [0.29, 0.717) is 5.25 Å². The van der Waals surface area contributed by atoms with E-state index in [2.05, 4.69) is 36.3 Å². The van der Waals surface area contributed by atoms with E-state index in [1.165, 1.54) is 11.1 Å². The van der Waals surface area contributed by atoms with Crippen molar-refractivity contribution in [3.8, 4) is 0 Å². The van der Waals surface area contributed by atoms with Crippen LogP contribution in [0.25, 0.3) is 0 Å². The van der Waals surface area contributed by atoms with E-state index in [1.54, 1.807) is 0 Å². The highest BCUT2D eigenvalue weighted by atomic mass is 32.2. The Morgan fingerprint density at radius 3 is 2.61 bits per heavy atom. The van der Waals surface area contributed by atoms with Gasteiger partial charge in [-0.3, -0.25) is 4.68 Å². The van der Waals surface area contributed by atoms with Crippen molar-refractivity contribution in [2.24, 2.45) is 12.8 Å². The molecule has 2 unspecified atom stereocenters. The van der Waals surface area contributed by atoms with Crippen LogP contribution in [0.1, 0.15) is 23.3 Å². The summed E-state index contributed by atoms with van der Waals surface area (Å²) in [6, 6.07) is 10.6. The van der Waals surface area contributed by atoms with Gasteiger partial charge in [-0.2, -0.15) is 5.10 Å². The summed E-state index contributed by atoms with van der Waals surface area (Å²) in [6.45, 7) is 2.05. The highest BCUT2D eigenvalue weighted by Crippen LogP contribution is 2.33. The highest BCUT2D eigenvalue weighted by molar-refractivity contribution is 7.98. The Kier molecular flexibility index (Phi) is 4.44. The number of hydrogen-bond donors (Lipinski definition) is 1. The SMILES string of the molecule is CC(N)C(SCc1ccccc1)c1cnn(C)c1. The second-order valence-corrected chi connectivity index (χ2v) is 5.65. The molecular weight excluding hydrogens is 242 g/mol. The van der Waals surface area contributed by atoms with Gasteiger partial charge in [0.25, 0.3) is 0 Å². The van der Waals surface area contributed by atoms with E-state index < -0.39 is 0 Å². The summed E-state index contributed by atoms with van der Waals surface area (Å²) < 4.78 is 1.83. The standard InChI is InChI=1S/C14H19N3S/c1-11(15)14(13-8-16-17(2)9-13)18-10-12-6-4-3-5-7-12/h3-9,11,14H,10,15H2,1-2H3. The van der Waals surface area contributed by atoms with Gasteiger partial charge in [-0.05, 0) is 12.5 Å². The maximum absolute atomic E-state index is 6.08. The molecule has 1 heterocycles. The first-order valence-corrected chi connectivity index (χ1v) is 7.11. The minimum absolute atomic E-state index is 0.114. The Morgan fingerprint density at radius 1 is 1.33 bits per heavy atom. The zero-order chi connectivity index (χ0) is 13.0. The predicted molar refractivity (Wildman–Crippen MR) is 77.3 cm³/mol. The number of aryl methyl sites for hydroxylation is 1. The molecule has 0 bridgehead atoms. The van der Waals surface area contributed by atoms with E-state index >= 15 is 0 Å². The van der Waals surface area contributed by atoms with Crippen LogP contribution in [0.4, 0.5) is 0 Å². The molecule has 1 aromatic heterocycles. The zero-order valence-corrected chi connectivity index (χ0v) is 11.6. The quantitative estimate of drug-likeness (QED) is 0.900. The van der Waals surface area contributed by atoms with Gasteiger partial charge in [0, 0.05) is 35.9 Å². The van der Waals surface area contributed by atoms with Crippen molar-refractivity contribution < 1.29 is 0 Å². The van der Waals surface area contributed by atoms with Crippen molar-refractivity contribution in [2.45, 2.75) is 24.0 Å². The van der Waals surface area contributed by atoms with Crippen LogP contribution in [-0.2, 0) is 12.8 Å². The molecule has 18 heavy (non-hydrogen) atoms. The Hall–Kier alpha value is -1.26. The normalized spacial score (nSPS) is 14.4. The first-order valence-electron chi connectivity index (χ1n) is 6.06. The number of aromatic nitrogens is 2. The minimum atomic E-state index is 0.114. The fraction of sp³-hybridized carbons (Fsp3) is 0.357. The van der Waals surface area contributed by atoms with Crippen LogP contribution < -0.4 is 5.73 Å². The fourth-order valence-corrected chi connectivity index (χ4v) is 3.08. The maximum atomic E-state index is 6.08. The first-order chi connectivity index (χ1) is 8.66. The van der Waals surface area contributed by atoms with Gasteiger partial charge < -0.3 is 5.73 Å². The fourth-order valence-electron chi connectivity index (χ4n) is 1.90. The van der Waals surface area contributed by atoms with Crippen LogP contribution in [0.3, 0.4) is 0 Å². The van der Waals surface area contributed by atoms with Crippen molar-refractivity contribution >= 4 is 11.8 Å². The monoisotopic (exact) mass is 261 g/mol. The summed E-state index contributed by atoms with van der Waals surface area (Å²) >= 11 is 1.87. The third-order valence-electron chi connectivity index (χ3n) is 2.80. The van der Waals surface area contributed by atoms with E-state index in [1.807, 2.05) is 42.0 Å². The summed E-state index contributed by atoms with van der Waals surface area (Å²) in [6.07, 6.45) is 3.96. The van der Waals surface area contributed by atoms with Crippen LogP contribution in [0.15, 0.2) is 42.7 Å². The zero-order valence-electron chi connectivity index (χ0n) is 10.8. The third-order valence-corrected chi connectivity index (χ3v) is 4.36. The van der Waals surface area contributed by atoms with Gasteiger partial charge in [0.1, 0.15) is 0 Å². The lowest BCUT2D eigenvalue weighted by atomic mass is 10.1. The minimum Gasteiger partial charge on any atom is -0.327 e. The Bertz CT molecular complexity index is 479. The van der Waals surface area contributed by atoms with Crippen molar-refractivity contribution in [2.75, 3.05) is 0 Å². The number of rotatable bonds is 5. The molecule has 96 valence electrons. The van der Waals surface area contributed by atoms with E-state index in [-0.39, 0.29) is 6.04 Å². The molecule has 0 amide bonds. The lowest BCUT2D eigenvalue weighted by molar-refractivity contribution is 0.718. The molecule has 0 aliphatic rings. The van der Waals surface area contributed by atoms with Gasteiger partial charge in [-0.25, -0.2) is 0 Å². The van der Waals surface area contributed by atoms with Gasteiger partial charge in [-0.1, -0.05) is 30.3 Å². The molecule has 4 heteroatoms. The van der Waals surface area contributed by atoms with E-state index in [0.717, 1.165) is 5.75 Å². The van der Waals surface area contributed by atoms with Gasteiger partial charge in [-0.15, -0.1) is 11.8 Å². The topological polar surface area (TPSA) is 43.8 Å². The molecule has 0 spiro atoms. The number of nitrogens with zero attached hydrogens (tertiary/aromatic N) is 2.